The van der Waals surface area contributed by atoms with E-state index in [0.717, 1.165) is 28.3 Å². The van der Waals surface area contributed by atoms with E-state index in [9.17, 15) is 0 Å². The minimum Gasteiger partial charge on any atom is -0.399 e. The van der Waals surface area contributed by atoms with Gasteiger partial charge in [0.15, 0.2) is 0 Å². The highest BCUT2D eigenvalue weighted by Gasteiger charge is 1.99. The van der Waals surface area contributed by atoms with Crippen LogP contribution in [0.3, 0.4) is 0 Å². The van der Waals surface area contributed by atoms with Crippen LogP contribution < -0.4 is 16.8 Å². The molecule has 86 valence electrons. The molecule has 0 spiro atoms. The second-order valence-electron chi connectivity index (χ2n) is 3.85. The van der Waals surface area contributed by atoms with Crippen LogP contribution in [0.1, 0.15) is 5.56 Å². The lowest BCUT2D eigenvalue weighted by Crippen LogP contribution is -1.98. The van der Waals surface area contributed by atoms with Gasteiger partial charge in [-0.05, 0) is 35.9 Å². The van der Waals surface area contributed by atoms with Crippen molar-refractivity contribution in [3.8, 4) is 0 Å². The molecule has 0 atom stereocenters. The maximum Gasteiger partial charge on any atom is 0.0404 e. The molecular formula is C14H15N3. The van der Waals surface area contributed by atoms with Gasteiger partial charge in [-0.3, -0.25) is 0 Å². The van der Waals surface area contributed by atoms with E-state index >= 15 is 0 Å². The molecule has 2 aromatic carbocycles. The molecule has 17 heavy (non-hydrogen) atoms. The van der Waals surface area contributed by atoms with E-state index in [0.29, 0.717) is 0 Å². The zero-order chi connectivity index (χ0) is 12.3. The first-order chi connectivity index (χ1) is 8.15. The van der Waals surface area contributed by atoms with Gasteiger partial charge in [-0.15, -0.1) is 0 Å². The van der Waals surface area contributed by atoms with Gasteiger partial charge in [0.2, 0.25) is 0 Å². The minimum atomic E-state index is 0.722. The monoisotopic (exact) mass is 225 g/mol. The van der Waals surface area contributed by atoms with Crippen molar-refractivity contribution in [3.63, 3.8) is 0 Å². The first-order valence-corrected chi connectivity index (χ1v) is 5.32. The summed E-state index contributed by atoms with van der Waals surface area (Å²) in [7, 11) is 0. The van der Waals surface area contributed by atoms with Crippen molar-refractivity contribution >= 4 is 22.8 Å². The third kappa shape index (κ3) is 2.78. The molecule has 0 aliphatic heterocycles. The molecule has 2 aromatic rings. The Balaban J connectivity index is 2.14. The lowest BCUT2D eigenvalue weighted by atomic mass is 10.1. The summed E-state index contributed by atoms with van der Waals surface area (Å²) in [5.41, 5.74) is 15.5. The van der Waals surface area contributed by atoms with Gasteiger partial charge < -0.3 is 16.8 Å². The smallest absolute Gasteiger partial charge is 0.0404 e. The fourth-order valence-electron chi connectivity index (χ4n) is 1.55. The summed E-state index contributed by atoms with van der Waals surface area (Å²) in [5.74, 6) is 0. The summed E-state index contributed by atoms with van der Waals surface area (Å²) < 4.78 is 0. The van der Waals surface area contributed by atoms with E-state index in [-0.39, 0.29) is 0 Å². The zero-order valence-corrected chi connectivity index (χ0v) is 9.48. The number of rotatable bonds is 3. The standard InChI is InChI=1S/C14H15N3/c1-10(11-5-7-12(15)8-6-11)17-14-4-2-3-13(16)9-14/h2-9,17H,1,15-16H2. The van der Waals surface area contributed by atoms with Gasteiger partial charge in [0.05, 0.1) is 0 Å². The second kappa shape index (κ2) is 4.61. The van der Waals surface area contributed by atoms with Gasteiger partial charge in [-0.1, -0.05) is 24.8 Å². The van der Waals surface area contributed by atoms with Crippen LogP contribution in [-0.2, 0) is 0 Å². The van der Waals surface area contributed by atoms with Gasteiger partial charge in [-0.2, -0.15) is 0 Å². The molecule has 2 rings (SSSR count). The Morgan fingerprint density at radius 3 is 2.29 bits per heavy atom. The predicted octanol–water partition coefficient (Wildman–Crippen LogP) is 2.93. The van der Waals surface area contributed by atoms with Crippen molar-refractivity contribution in [1.29, 1.82) is 0 Å². The van der Waals surface area contributed by atoms with E-state index in [2.05, 4.69) is 11.9 Å². The Bertz CT molecular complexity index is 529. The molecule has 0 bridgehead atoms. The molecule has 0 fully saturated rings. The third-order valence-electron chi connectivity index (χ3n) is 2.44. The molecular weight excluding hydrogens is 210 g/mol. The molecule has 3 nitrogen and oxygen atoms in total. The van der Waals surface area contributed by atoms with Crippen LogP contribution in [0.15, 0.2) is 55.1 Å². The van der Waals surface area contributed by atoms with Crippen LogP contribution >= 0.6 is 0 Å². The van der Waals surface area contributed by atoms with Crippen molar-refractivity contribution in [2.75, 3.05) is 16.8 Å². The second-order valence-corrected chi connectivity index (χ2v) is 3.85. The minimum absolute atomic E-state index is 0.722. The summed E-state index contributed by atoms with van der Waals surface area (Å²) in [6, 6.07) is 15.1. The van der Waals surface area contributed by atoms with Crippen molar-refractivity contribution in [1.82, 2.24) is 0 Å². The van der Waals surface area contributed by atoms with E-state index in [1.807, 2.05) is 48.5 Å². The summed E-state index contributed by atoms with van der Waals surface area (Å²) in [6.07, 6.45) is 0. The molecule has 5 N–H and O–H groups in total. The van der Waals surface area contributed by atoms with Crippen LogP contribution in [0, 0.1) is 0 Å². The molecule has 0 aromatic heterocycles. The lowest BCUT2D eigenvalue weighted by Gasteiger charge is -2.10. The number of hydrogen-bond acceptors (Lipinski definition) is 3. The summed E-state index contributed by atoms with van der Waals surface area (Å²) in [5, 5.41) is 3.20. The van der Waals surface area contributed by atoms with Gasteiger partial charge in [0.25, 0.3) is 0 Å². The first kappa shape index (κ1) is 11.1. The molecule has 0 saturated heterocycles. The average Bonchev–Trinajstić information content (AvgIpc) is 2.29. The van der Waals surface area contributed by atoms with E-state index in [1.165, 1.54) is 0 Å². The maximum atomic E-state index is 5.71. The number of anilines is 3. The lowest BCUT2D eigenvalue weighted by molar-refractivity contribution is 1.54. The topological polar surface area (TPSA) is 64.1 Å². The first-order valence-electron chi connectivity index (χ1n) is 5.32. The number of nitrogen functional groups attached to an aromatic ring is 2. The summed E-state index contributed by atoms with van der Waals surface area (Å²) in [4.78, 5) is 0. The Morgan fingerprint density at radius 1 is 0.941 bits per heavy atom. The number of hydrogen-bond donors (Lipinski definition) is 3. The third-order valence-corrected chi connectivity index (χ3v) is 2.44. The molecule has 0 amide bonds. The normalized spacial score (nSPS) is 9.88. The van der Waals surface area contributed by atoms with E-state index in [4.69, 9.17) is 11.5 Å². The molecule has 0 radical (unpaired) electrons. The van der Waals surface area contributed by atoms with Gasteiger partial charge in [0.1, 0.15) is 0 Å². The van der Waals surface area contributed by atoms with Crippen molar-refractivity contribution < 1.29 is 0 Å². The average molecular weight is 225 g/mol. The Kier molecular flexibility index (Phi) is 3.01. The summed E-state index contributed by atoms with van der Waals surface area (Å²) >= 11 is 0. The fraction of sp³-hybridized carbons (Fsp3) is 0. The van der Waals surface area contributed by atoms with Gasteiger partial charge >= 0.3 is 0 Å². The fourth-order valence-corrected chi connectivity index (χ4v) is 1.55. The van der Waals surface area contributed by atoms with E-state index in [1.54, 1.807) is 0 Å². The SMILES string of the molecule is C=C(Nc1cccc(N)c1)c1ccc(N)cc1. The van der Waals surface area contributed by atoms with Crippen LogP contribution in [-0.4, -0.2) is 0 Å². The van der Waals surface area contributed by atoms with Crippen LogP contribution in [0.4, 0.5) is 17.1 Å². The number of benzene rings is 2. The highest BCUT2D eigenvalue weighted by atomic mass is 14.9. The molecule has 0 heterocycles. The number of nitrogens with two attached hydrogens (primary N) is 2. The maximum absolute atomic E-state index is 5.71. The Morgan fingerprint density at radius 2 is 1.65 bits per heavy atom. The predicted molar refractivity (Wildman–Crippen MR) is 74.4 cm³/mol. The zero-order valence-electron chi connectivity index (χ0n) is 9.48. The van der Waals surface area contributed by atoms with E-state index < -0.39 is 0 Å². The molecule has 0 aliphatic carbocycles. The Hall–Kier alpha value is -2.42. The van der Waals surface area contributed by atoms with Crippen molar-refractivity contribution in [2.45, 2.75) is 0 Å². The van der Waals surface area contributed by atoms with Gasteiger partial charge in [-0.25, -0.2) is 0 Å². The van der Waals surface area contributed by atoms with Crippen LogP contribution in [0.5, 0.6) is 0 Å². The molecule has 0 unspecified atom stereocenters. The largest absolute Gasteiger partial charge is 0.399 e. The van der Waals surface area contributed by atoms with Crippen LogP contribution in [0.25, 0.3) is 5.70 Å². The molecule has 3 heteroatoms. The van der Waals surface area contributed by atoms with Crippen molar-refractivity contribution in [2.24, 2.45) is 0 Å². The molecule has 0 saturated carbocycles. The highest BCUT2D eigenvalue weighted by molar-refractivity contribution is 5.76. The van der Waals surface area contributed by atoms with Gasteiger partial charge in [0, 0.05) is 22.8 Å². The number of nitrogens with one attached hydrogen (secondary N) is 1. The quantitative estimate of drug-likeness (QED) is 0.704. The van der Waals surface area contributed by atoms with Crippen molar-refractivity contribution in [3.05, 3.63) is 60.7 Å². The molecule has 0 aliphatic rings. The van der Waals surface area contributed by atoms with Crippen LogP contribution in [0.2, 0.25) is 0 Å². The Labute approximate surface area is 101 Å². The summed E-state index contributed by atoms with van der Waals surface area (Å²) in [6.45, 7) is 3.99. The highest BCUT2D eigenvalue weighted by Crippen LogP contribution is 2.19.